The monoisotopic (exact) mass is 341 g/mol. The normalized spacial score (nSPS) is 10.6. The van der Waals surface area contributed by atoms with Gasteiger partial charge in [0.25, 0.3) is 0 Å². The molecule has 0 aliphatic rings. The van der Waals surface area contributed by atoms with Gasteiger partial charge in [-0.1, -0.05) is 53.6 Å². The number of amides is 1. The van der Waals surface area contributed by atoms with E-state index in [4.69, 9.17) is 11.6 Å². The van der Waals surface area contributed by atoms with Gasteiger partial charge < -0.3 is 5.32 Å². The van der Waals surface area contributed by atoms with Crippen molar-refractivity contribution in [2.75, 3.05) is 0 Å². The van der Waals surface area contributed by atoms with E-state index in [0.717, 1.165) is 16.7 Å². The topological polar surface area (TPSA) is 72.7 Å². The molecule has 7 heteroatoms. The van der Waals surface area contributed by atoms with Gasteiger partial charge in [0.1, 0.15) is 6.54 Å². The Labute approximate surface area is 144 Å². The van der Waals surface area contributed by atoms with E-state index < -0.39 is 0 Å². The Kier molecular flexibility index (Phi) is 4.86. The smallest absolute Gasteiger partial charge is 0.243 e. The van der Waals surface area contributed by atoms with Crippen LogP contribution in [0.4, 0.5) is 0 Å². The third-order valence-corrected chi connectivity index (χ3v) is 3.66. The average Bonchev–Trinajstić information content (AvgIpc) is 3.02. The Morgan fingerprint density at radius 2 is 2.00 bits per heavy atom. The molecule has 0 bridgehead atoms. The van der Waals surface area contributed by atoms with Crippen molar-refractivity contribution >= 4 is 17.5 Å². The highest BCUT2D eigenvalue weighted by Crippen LogP contribution is 2.14. The molecule has 1 amide bonds. The Morgan fingerprint density at radius 3 is 2.75 bits per heavy atom. The molecule has 0 unspecified atom stereocenters. The van der Waals surface area contributed by atoms with Gasteiger partial charge in [0.05, 0.1) is 0 Å². The highest BCUT2D eigenvalue weighted by molar-refractivity contribution is 6.30. The Morgan fingerprint density at radius 1 is 1.21 bits per heavy atom. The van der Waals surface area contributed by atoms with Crippen molar-refractivity contribution in [3.05, 3.63) is 64.7 Å². The van der Waals surface area contributed by atoms with Crippen LogP contribution in [0.5, 0.6) is 0 Å². The van der Waals surface area contributed by atoms with Crippen molar-refractivity contribution in [2.45, 2.75) is 20.0 Å². The van der Waals surface area contributed by atoms with E-state index in [-0.39, 0.29) is 12.5 Å². The molecule has 0 fully saturated rings. The van der Waals surface area contributed by atoms with Crippen LogP contribution in [0, 0.1) is 6.92 Å². The zero-order chi connectivity index (χ0) is 16.9. The van der Waals surface area contributed by atoms with Crippen molar-refractivity contribution in [1.29, 1.82) is 0 Å². The maximum atomic E-state index is 12.0. The molecule has 0 aliphatic carbocycles. The molecule has 0 radical (unpaired) electrons. The lowest BCUT2D eigenvalue weighted by atomic mass is 10.1. The molecule has 122 valence electrons. The van der Waals surface area contributed by atoms with Crippen LogP contribution in [0.3, 0.4) is 0 Å². The van der Waals surface area contributed by atoms with Crippen molar-refractivity contribution in [3.63, 3.8) is 0 Å². The van der Waals surface area contributed by atoms with Gasteiger partial charge in [-0.05, 0) is 29.8 Å². The Bertz CT molecular complexity index is 844. The van der Waals surface area contributed by atoms with Crippen molar-refractivity contribution in [3.8, 4) is 11.4 Å². The van der Waals surface area contributed by atoms with Gasteiger partial charge >= 0.3 is 0 Å². The standard InChI is InChI=1S/C17H16ClN5O/c1-12-5-7-14(8-6-12)17-20-22-23(21-17)11-16(24)19-10-13-3-2-4-15(18)9-13/h2-9H,10-11H2,1H3,(H,19,24). The molecule has 0 spiro atoms. The number of benzene rings is 2. The molecule has 3 rings (SSSR count). The lowest BCUT2D eigenvalue weighted by molar-refractivity contribution is -0.122. The quantitative estimate of drug-likeness (QED) is 0.774. The first-order valence-corrected chi connectivity index (χ1v) is 7.84. The molecule has 1 aromatic heterocycles. The number of aromatic nitrogens is 4. The summed E-state index contributed by atoms with van der Waals surface area (Å²) in [5.74, 6) is 0.306. The minimum Gasteiger partial charge on any atom is -0.350 e. The molecule has 0 aliphatic heterocycles. The van der Waals surface area contributed by atoms with Crippen LogP contribution in [0.2, 0.25) is 5.02 Å². The first-order valence-electron chi connectivity index (χ1n) is 7.46. The van der Waals surface area contributed by atoms with E-state index in [1.165, 1.54) is 4.80 Å². The summed E-state index contributed by atoms with van der Waals surface area (Å²) < 4.78 is 0. The predicted molar refractivity (Wildman–Crippen MR) is 91.3 cm³/mol. The van der Waals surface area contributed by atoms with Gasteiger partial charge in [-0.2, -0.15) is 4.80 Å². The zero-order valence-corrected chi connectivity index (χ0v) is 13.9. The Balaban J connectivity index is 1.58. The third kappa shape index (κ3) is 4.17. The first-order chi connectivity index (χ1) is 11.6. The number of tetrazole rings is 1. The van der Waals surface area contributed by atoms with Gasteiger partial charge in [0, 0.05) is 17.1 Å². The lowest BCUT2D eigenvalue weighted by Gasteiger charge is -2.05. The number of hydrogen-bond acceptors (Lipinski definition) is 4. The minimum absolute atomic E-state index is 0.0133. The molecular weight excluding hydrogens is 326 g/mol. The van der Waals surface area contributed by atoms with Crippen molar-refractivity contribution in [1.82, 2.24) is 25.5 Å². The summed E-state index contributed by atoms with van der Waals surface area (Å²) in [6, 6.07) is 15.2. The van der Waals surface area contributed by atoms with Gasteiger partial charge in [-0.3, -0.25) is 4.79 Å². The predicted octanol–water partition coefficient (Wildman–Crippen LogP) is 2.62. The van der Waals surface area contributed by atoms with Crippen LogP contribution in [0.1, 0.15) is 11.1 Å². The molecule has 0 saturated heterocycles. The second kappa shape index (κ2) is 7.23. The van der Waals surface area contributed by atoms with Crippen LogP contribution in [0.25, 0.3) is 11.4 Å². The third-order valence-electron chi connectivity index (χ3n) is 3.43. The molecule has 0 saturated carbocycles. The summed E-state index contributed by atoms with van der Waals surface area (Å²) in [6.07, 6.45) is 0. The fourth-order valence-electron chi connectivity index (χ4n) is 2.16. The summed E-state index contributed by atoms with van der Waals surface area (Å²) in [6.45, 7) is 2.43. The van der Waals surface area contributed by atoms with Crippen molar-refractivity contribution < 1.29 is 4.79 Å². The van der Waals surface area contributed by atoms with Gasteiger partial charge in [-0.25, -0.2) is 0 Å². The van der Waals surface area contributed by atoms with Gasteiger partial charge in [0.2, 0.25) is 11.7 Å². The number of nitrogens with one attached hydrogen (secondary N) is 1. The maximum absolute atomic E-state index is 12.0. The van der Waals surface area contributed by atoms with Gasteiger partial charge in [0.15, 0.2) is 0 Å². The number of carbonyl (C=O) groups excluding carboxylic acids is 1. The number of hydrogen-bond donors (Lipinski definition) is 1. The van der Waals surface area contributed by atoms with E-state index in [1.54, 1.807) is 6.07 Å². The second-order valence-electron chi connectivity index (χ2n) is 5.42. The molecule has 1 N–H and O–H groups in total. The van der Waals surface area contributed by atoms with Crippen LogP contribution >= 0.6 is 11.6 Å². The number of rotatable bonds is 5. The van der Waals surface area contributed by atoms with E-state index in [9.17, 15) is 4.79 Å². The summed E-state index contributed by atoms with van der Waals surface area (Å²) in [4.78, 5) is 13.3. The van der Waals surface area contributed by atoms with E-state index in [2.05, 4.69) is 20.7 Å². The zero-order valence-electron chi connectivity index (χ0n) is 13.1. The highest BCUT2D eigenvalue weighted by atomic mass is 35.5. The SMILES string of the molecule is Cc1ccc(-c2nnn(CC(=O)NCc3cccc(Cl)c3)n2)cc1. The fourth-order valence-corrected chi connectivity index (χ4v) is 2.37. The summed E-state index contributed by atoms with van der Waals surface area (Å²) in [7, 11) is 0. The second-order valence-corrected chi connectivity index (χ2v) is 5.85. The minimum atomic E-state index is -0.192. The van der Waals surface area contributed by atoms with Gasteiger partial charge in [-0.15, -0.1) is 10.2 Å². The number of halogens is 1. The molecule has 0 atom stereocenters. The van der Waals surface area contributed by atoms with Crippen LogP contribution in [-0.2, 0) is 17.9 Å². The van der Waals surface area contributed by atoms with Crippen LogP contribution < -0.4 is 5.32 Å². The number of nitrogens with zero attached hydrogens (tertiary/aromatic N) is 4. The number of carbonyl (C=O) groups is 1. The van der Waals surface area contributed by atoms with Crippen molar-refractivity contribution in [2.24, 2.45) is 0 Å². The lowest BCUT2D eigenvalue weighted by Crippen LogP contribution is -2.28. The summed E-state index contributed by atoms with van der Waals surface area (Å²) >= 11 is 5.92. The molecular formula is C17H16ClN5O. The molecule has 24 heavy (non-hydrogen) atoms. The molecule has 6 nitrogen and oxygen atoms in total. The highest BCUT2D eigenvalue weighted by Gasteiger charge is 2.09. The van der Waals surface area contributed by atoms with E-state index in [0.29, 0.717) is 17.4 Å². The largest absolute Gasteiger partial charge is 0.350 e. The summed E-state index contributed by atoms with van der Waals surface area (Å²) in [5.41, 5.74) is 2.96. The van der Waals surface area contributed by atoms with Crippen LogP contribution in [-0.4, -0.2) is 26.1 Å². The number of aryl methyl sites for hydroxylation is 1. The first kappa shape index (κ1) is 16.1. The Hall–Kier alpha value is -2.73. The van der Waals surface area contributed by atoms with E-state index in [1.807, 2.05) is 49.4 Å². The van der Waals surface area contributed by atoms with Crippen LogP contribution in [0.15, 0.2) is 48.5 Å². The fraction of sp³-hybridized carbons (Fsp3) is 0.176. The van der Waals surface area contributed by atoms with E-state index >= 15 is 0 Å². The molecule has 1 heterocycles. The average molecular weight is 342 g/mol. The molecule has 3 aromatic rings. The molecule has 2 aromatic carbocycles. The summed E-state index contributed by atoms with van der Waals surface area (Å²) in [5, 5.41) is 15.6. The maximum Gasteiger partial charge on any atom is 0.243 e.